The summed E-state index contributed by atoms with van der Waals surface area (Å²) in [6, 6.07) is 12.0. The SMILES string of the molecule is O=C(Nc1nc(-c2ccc(Br)cc2)cs1)c1cc([N+](=O)[O-])ccc1N1CCOCC1. The van der Waals surface area contributed by atoms with Crippen LogP contribution >= 0.6 is 27.3 Å². The molecule has 1 aliphatic heterocycles. The average molecular weight is 489 g/mol. The fourth-order valence-electron chi connectivity index (χ4n) is 3.15. The number of carbonyl (C=O) groups is 1. The van der Waals surface area contributed by atoms with E-state index in [-0.39, 0.29) is 11.3 Å². The van der Waals surface area contributed by atoms with E-state index in [1.54, 1.807) is 6.07 Å². The zero-order chi connectivity index (χ0) is 21.1. The number of anilines is 2. The molecule has 0 spiro atoms. The summed E-state index contributed by atoms with van der Waals surface area (Å²) in [7, 11) is 0. The molecule has 3 aromatic rings. The molecule has 2 aromatic carbocycles. The largest absolute Gasteiger partial charge is 0.378 e. The summed E-state index contributed by atoms with van der Waals surface area (Å²) < 4.78 is 6.34. The fourth-order valence-corrected chi connectivity index (χ4v) is 4.13. The van der Waals surface area contributed by atoms with Crippen molar-refractivity contribution in [3.05, 3.63) is 68.0 Å². The van der Waals surface area contributed by atoms with Crippen molar-refractivity contribution in [2.24, 2.45) is 0 Å². The number of halogens is 1. The van der Waals surface area contributed by atoms with E-state index in [9.17, 15) is 14.9 Å². The molecule has 10 heteroatoms. The molecule has 1 aliphatic rings. The van der Waals surface area contributed by atoms with Crippen LogP contribution in [0.25, 0.3) is 11.3 Å². The number of nitrogens with zero attached hydrogens (tertiary/aromatic N) is 3. The molecule has 0 unspecified atom stereocenters. The number of hydrogen-bond acceptors (Lipinski definition) is 7. The molecule has 8 nitrogen and oxygen atoms in total. The maximum atomic E-state index is 13.0. The molecule has 4 rings (SSSR count). The number of rotatable bonds is 5. The van der Waals surface area contributed by atoms with Crippen LogP contribution < -0.4 is 10.2 Å². The summed E-state index contributed by atoms with van der Waals surface area (Å²) in [5.41, 5.74) is 2.43. The van der Waals surface area contributed by atoms with Crippen LogP contribution in [0.3, 0.4) is 0 Å². The molecule has 0 atom stereocenters. The number of aromatic nitrogens is 1. The highest BCUT2D eigenvalue weighted by atomic mass is 79.9. The summed E-state index contributed by atoms with van der Waals surface area (Å²) in [5, 5.41) is 16.3. The van der Waals surface area contributed by atoms with Crippen LogP contribution in [0.1, 0.15) is 10.4 Å². The molecule has 0 aliphatic carbocycles. The van der Waals surface area contributed by atoms with Crippen LogP contribution in [0.15, 0.2) is 52.3 Å². The van der Waals surface area contributed by atoms with Gasteiger partial charge in [-0.1, -0.05) is 28.1 Å². The maximum Gasteiger partial charge on any atom is 0.270 e. The monoisotopic (exact) mass is 488 g/mol. The molecule has 154 valence electrons. The summed E-state index contributed by atoms with van der Waals surface area (Å²) in [4.78, 5) is 30.2. The van der Waals surface area contributed by atoms with Crippen molar-refractivity contribution in [1.29, 1.82) is 0 Å². The van der Waals surface area contributed by atoms with Crippen LogP contribution in [-0.2, 0) is 4.74 Å². The minimum absolute atomic E-state index is 0.133. The van der Waals surface area contributed by atoms with Gasteiger partial charge < -0.3 is 9.64 Å². The van der Waals surface area contributed by atoms with Gasteiger partial charge in [-0.15, -0.1) is 11.3 Å². The van der Waals surface area contributed by atoms with Gasteiger partial charge in [0.1, 0.15) is 0 Å². The van der Waals surface area contributed by atoms with Gasteiger partial charge in [-0.05, 0) is 18.2 Å². The van der Waals surface area contributed by atoms with Crippen LogP contribution in [0.2, 0.25) is 0 Å². The van der Waals surface area contributed by atoms with E-state index in [2.05, 4.69) is 26.2 Å². The van der Waals surface area contributed by atoms with Crippen LogP contribution in [-0.4, -0.2) is 42.1 Å². The number of hydrogen-bond donors (Lipinski definition) is 1. The number of amides is 1. The third-order valence-corrected chi connectivity index (χ3v) is 5.94. The third kappa shape index (κ3) is 4.50. The first-order valence-electron chi connectivity index (χ1n) is 9.15. The standard InChI is InChI=1S/C20H17BrN4O4S/c21-14-3-1-13(2-4-14)17-12-30-20(22-17)23-19(26)16-11-15(25(27)28)5-6-18(16)24-7-9-29-10-8-24/h1-6,11-12H,7-10H2,(H,22,23,26). The van der Waals surface area contributed by atoms with Gasteiger partial charge in [0.2, 0.25) is 0 Å². The van der Waals surface area contributed by atoms with E-state index in [1.807, 2.05) is 34.5 Å². The molecule has 1 amide bonds. The van der Waals surface area contributed by atoms with Crippen molar-refractivity contribution in [3.8, 4) is 11.3 Å². The lowest BCUT2D eigenvalue weighted by Crippen LogP contribution is -2.37. The first-order chi connectivity index (χ1) is 14.5. The van der Waals surface area contributed by atoms with Gasteiger partial charge in [0.25, 0.3) is 11.6 Å². The van der Waals surface area contributed by atoms with Crippen molar-refractivity contribution in [2.45, 2.75) is 0 Å². The minimum Gasteiger partial charge on any atom is -0.378 e. The number of benzene rings is 2. The van der Waals surface area contributed by atoms with E-state index in [4.69, 9.17) is 4.74 Å². The Morgan fingerprint density at radius 1 is 1.20 bits per heavy atom. The Bertz CT molecular complexity index is 1080. The first kappa shape index (κ1) is 20.5. The Balaban J connectivity index is 1.60. The predicted molar refractivity (Wildman–Crippen MR) is 119 cm³/mol. The Morgan fingerprint density at radius 3 is 2.63 bits per heavy atom. The van der Waals surface area contributed by atoms with Crippen molar-refractivity contribution in [1.82, 2.24) is 4.98 Å². The summed E-state index contributed by atoms with van der Waals surface area (Å²) in [6.07, 6.45) is 0. The number of ether oxygens (including phenoxy) is 1. The smallest absolute Gasteiger partial charge is 0.270 e. The lowest BCUT2D eigenvalue weighted by Gasteiger charge is -2.30. The van der Waals surface area contributed by atoms with Gasteiger partial charge in [0, 0.05) is 40.6 Å². The van der Waals surface area contributed by atoms with E-state index >= 15 is 0 Å². The van der Waals surface area contributed by atoms with Crippen LogP contribution in [0.5, 0.6) is 0 Å². The Morgan fingerprint density at radius 2 is 1.93 bits per heavy atom. The molecule has 1 N–H and O–H groups in total. The van der Waals surface area contributed by atoms with E-state index in [1.165, 1.54) is 23.5 Å². The molecule has 2 heterocycles. The molecule has 1 saturated heterocycles. The quantitative estimate of drug-likeness (QED) is 0.417. The van der Waals surface area contributed by atoms with Crippen molar-refractivity contribution in [2.75, 3.05) is 36.5 Å². The molecule has 0 radical (unpaired) electrons. The number of non-ortho nitro benzene ring substituents is 1. The number of nitro benzene ring substituents is 1. The second-order valence-corrected chi connectivity index (χ2v) is 8.33. The van der Waals surface area contributed by atoms with Crippen molar-refractivity contribution >= 4 is 49.7 Å². The van der Waals surface area contributed by atoms with E-state index in [0.29, 0.717) is 37.1 Å². The highest BCUT2D eigenvalue weighted by Gasteiger charge is 2.23. The third-order valence-electron chi connectivity index (χ3n) is 4.65. The van der Waals surface area contributed by atoms with Crippen LogP contribution in [0, 0.1) is 10.1 Å². The number of morpholine rings is 1. The summed E-state index contributed by atoms with van der Waals surface area (Å²) >= 11 is 4.70. The normalized spacial score (nSPS) is 13.8. The topological polar surface area (TPSA) is 97.6 Å². The van der Waals surface area contributed by atoms with E-state index < -0.39 is 10.8 Å². The Hall–Kier alpha value is -2.82. The first-order valence-corrected chi connectivity index (χ1v) is 10.8. The molecule has 0 saturated carbocycles. The zero-order valence-corrected chi connectivity index (χ0v) is 18.1. The Labute approximate surface area is 184 Å². The zero-order valence-electron chi connectivity index (χ0n) is 15.7. The summed E-state index contributed by atoms with van der Waals surface area (Å²) in [6.45, 7) is 2.31. The van der Waals surface area contributed by atoms with Crippen molar-refractivity contribution < 1.29 is 14.5 Å². The maximum absolute atomic E-state index is 13.0. The predicted octanol–water partition coefficient (Wildman–Crippen LogP) is 4.57. The van der Waals surface area contributed by atoms with Gasteiger partial charge in [-0.3, -0.25) is 20.2 Å². The van der Waals surface area contributed by atoms with Gasteiger partial charge in [0.15, 0.2) is 5.13 Å². The molecule has 30 heavy (non-hydrogen) atoms. The summed E-state index contributed by atoms with van der Waals surface area (Å²) in [5.74, 6) is -0.433. The van der Waals surface area contributed by atoms with Crippen LogP contribution in [0.4, 0.5) is 16.5 Å². The van der Waals surface area contributed by atoms with Gasteiger partial charge in [-0.25, -0.2) is 4.98 Å². The highest BCUT2D eigenvalue weighted by Crippen LogP contribution is 2.29. The molecule has 1 aromatic heterocycles. The van der Waals surface area contributed by atoms with Crippen molar-refractivity contribution in [3.63, 3.8) is 0 Å². The second kappa shape index (κ2) is 8.90. The number of carbonyl (C=O) groups excluding carboxylic acids is 1. The molecular formula is C20H17BrN4O4S. The molecular weight excluding hydrogens is 472 g/mol. The lowest BCUT2D eigenvalue weighted by molar-refractivity contribution is -0.384. The van der Waals surface area contributed by atoms with Gasteiger partial charge >= 0.3 is 0 Å². The second-order valence-electron chi connectivity index (χ2n) is 6.56. The van der Waals surface area contributed by atoms with Gasteiger partial charge in [-0.2, -0.15) is 0 Å². The number of nitro groups is 1. The molecule has 1 fully saturated rings. The van der Waals surface area contributed by atoms with E-state index in [0.717, 1.165) is 15.7 Å². The average Bonchev–Trinajstić information content (AvgIpc) is 3.22. The Kier molecular flexibility index (Phi) is 6.07. The number of thiazole rings is 1. The minimum atomic E-state index is -0.505. The number of nitrogens with one attached hydrogen (secondary N) is 1. The lowest BCUT2D eigenvalue weighted by atomic mass is 10.1. The molecule has 0 bridgehead atoms. The highest BCUT2D eigenvalue weighted by molar-refractivity contribution is 9.10. The fraction of sp³-hybridized carbons (Fsp3) is 0.200. The van der Waals surface area contributed by atoms with Gasteiger partial charge in [0.05, 0.1) is 35.1 Å².